The van der Waals surface area contributed by atoms with Crippen LogP contribution in [0.25, 0.3) is 112 Å². The highest BCUT2D eigenvalue weighted by Gasteiger charge is 2.26. The predicted octanol–water partition coefficient (Wildman–Crippen LogP) is 13.9. The molecule has 4 aromatic heterocycles. The second-order valence-electron chi connectivity index (χ2n) is 13.7. The van der Waals surface area contributed by atoms with Gasteiger partial charge in [0.05, 0.1) is 15.7 Å². The number of hydrogen-bond donors (Lipinski definition) is 0. The second kappa shape index (κ2) is 11.1. The maximum atomic E-state index is 5.63. The first-order chi connectivity index (χ1) is 26.3. The van der Waals surface area contributed by atoms with Gasteiger partial charge in [0.15, 0.2) is 5.82 Å². The second-order valence-corrected chi connectivity index (χ2v) is 15.7. The molecule has 0 N–H and O–H groups in total. The fourth-order valence-corrected chi connectivity index (χ4v) is 10.8. The van der Waals surface area contributed by atoms with Gasteiger partial charge < -0.3 is 0 Å². The number of hydrogen-bond acceptors (Lipinski definition) is 4. The molecule has 0 bridgehead atoms. The van der Waals surface area contributed by atoms with Gasteiger partial charge >= 0.3 is 0 Å². The number of para-hydroxylation sites is 1. The summed E-state index contributed by atoms with van der Waals surface area (Å²) in [5.41, 5.74) is 7.53. The molecule has 12 aromatic rings. The maximum absolute atomic E-state index is 5.63. The summed E-state index contributed by atoms with van der Waals surface area (Å²) in [4.78, 5) is 12.1. The van der Waals surface area contributed by atoms with Gasteiger partial charge in [0.1, 0.15) is 16.0 Å². The van der Waals surface area contributed by atoms with Crippen LogP contribution in [0.5, 0.6) is 0 Å². The zero-order chi connectivity index (χ0) is 34.6. The first-order valence-corrected chi connectivity index (χ1v) is 19.5. The van der Waals surface area contributed by atoms with Crippen molar-refractivity contribution in [2.75, 3.05) is 0 Å². The highest BCUT2D eigenvalue weighted by Crippen LogP contribution is 2.50. The van der Waals surface area contributed by atoms with Crippen LogP contribution in [0.3, 0.4) is 0 Å². The third-order valence-electron chi connectivity index (χ3n) is 10.8. The van der Waals surface area contributed by atoms with Crippen LogP contribution in [0, 0.1) is 0 Å². The Morgan fingerprint density at radius 1 is 0.415 bits per heavy atom. The number of rotatable bonds is 3. The summed E-state index contributed by atoms with van der Waals surface area (Å²) in [5, 5.41) is 11.3. The molecule has 5 heteroatoms. The predicted molar refractivity (Wildman–Crippen MR) is 228 cm³/mol. The molecule has 4 heterocycles. The fraction of sp³-hybridized carbons (Fsp3) is 0. The third-order valence-corrected chi connectivity index (χ3v) is 13.1. The molecular weight excluding hydrogens is 683 g/mol. The minimum atomic E-state index is 0.849. The van der Waals surface area contributed by atoms with Gasteiger partial charge in [0.25, 0.3) is 0 Å². The molecule has 0 aliphatic carbocycles. The Balaban J connectivity index is 1.27. The van der Waals surface area contributed by atoms with Crippen molar-refractivity contribution in [2.24, 2.45) is 0 Å². The van der Waals surface area contributed by atoms with E-state index in [2.05, 4.69) is 168 Å². The van der Waals surface area contributed by atoms with E-state index in [4.69, 9.17) is 9.97 Å². The average molecular weight is 710 g/mol. The van der Waals surface area contributed by atoms with E-state index in [0.29, 0.717) is 0 Å². The molecule has 0 atom stereocenters. The Labute approximate surface area is 311 Å². The Hall–Kier alpha value is -6.40. The molecule has 0 saturated carbocycles. The van der Waals surface area contributed by atoms with Gasteiger partial charge in [0, 0.05) is 41.9 Å². The summed E-state index contributed by atoms with van der Waals surface area (Å²) >= 11 is 3.62. The summed E-state index contributed by atoms with van der Waals surface area (Å²) < 4.78 is 6.20. The van der Waals surface area contributed by atoms with Gasteiger partial charge in [-0.25, -0.2) is 9.97 Å². The number of fused-ring (bicyclic) bond motifs is 15. The number of aromatic nitrogens is 3. The quantitative estimate of drug-likeness (QED) is 0.183. The van der Waals surface area contributed by atoms with Gasteiger partial charge in [-0.15, -0.1) is 22.7 Å². The largest absolute Gasteiger partial charge is 0.290 e. The molecule has 0 spiro atoms. The van der Waals surface area contributed by atoms with Crippen molar-refractivity contribution in [3.8, 4) is 28.2 Å². The molecular formula is C48H27N3S2. The smallest absolute Gasteiger partial charge is 0.166 e. The van der Waals surface area contributed by atoms with Crippen LogP contribution in [0.15, 0.2) is 164 Å². The highest BCUT2D eigenvalue weighted by molar-refractivity contribution is 7.28. The molecule has 53 heavy (non-hydrogen) atoms. The standard InChI is InChI=1S/C48H27N3S2/c1-2-12-28(13-3-1)29-22-24-31(25-23-29)42-47(50-48-43(49-42)36-19-9-11-21-39(36)52-48)51-38-20-10-8-18-35(38)40-33-16-6-7-17-34(33)41-37-27-26-30-14-4-5-15-32(30)45(37)53-46(41)44(40)51/h1-27H. The minimum absolute atomic E-state index is 0.849. The Morgan fingerprint density at radius 2 is 1.06 bits per heavy atom. The molecule has 0 unspecified atom stereocenters. The van der Waals surface area contributed by atoms with E-state index >= 15 is 0 Å². The fourth-order valence-electron chi connectivity index (χ4n) is 8.44. The molecule has 0 aliphatic heterocycles. The monoisotopic (exact) mass is 709 g/mol. The van der Waals surface area contributed by atoms with E-state index in [9.17, 15) is 0 Å². The number of thiophene rings is 2. The van der Waals surface area contributed by atoms with Crippen molar-refractivity contribution >= 4 is 107 Å². The van der Waals surface area contributed by atoms with Gasteiger partial charge in [0.2, 0.25) is 0 Å². The lowest BCUT2D eigenvalue weighted by molar-refractivity contribution is 1.09. The van der Waals surface area contributed by atoms with Crippen LogP contribution < -0.4 is 0 Å². The molecule has 12 rings (SSSR count). The normalized spacial score (nSPS) is 12.2. The Morgan fingerprint density at radius 3 is 1.89 bits per heavy atom. The summed E-state index contributed by atoms with van der Waals surface area (Å²) in [7, 11) is 0. The SMILES string of the molecule is c1ccc(-c2ccc(-c3nc4c(nc3-n3c5ccccc5c5c6ccccc6c6c7ccc8ccccc8c7sc6c53)sc3ccccc34)cc2)cc1. The molecule has 246 valence electrons. The van der Waals surface area contributed by atoms with Crippen molar-refractivity contribution < 1.29 is 0 Å². The Bertz CT molecular complexity index is 3440. The van der Waals surface area contributed by atoms with Gasteiger partial charge in [-0.1, -0.05) is 152 Å². The summed E-state index contributed by atoms with van der Waals surface area (Å²) in [6.45, 7) is 0. The van der Waals surface area contributed by atoms with Gasteiger partial charge in [-0.3, -0.25) is 4.57 Å². The van der Waals surface area contributed by atoms with Crippen LogP contribution in [-0.2, 0) is 0 Å². The third kappa shape index (κ3) is 4.15. The average Bonchev–Trinajstić information content (AvgIpc) is 3.91. The molecule has 0 saturated heterocycles. The van der Waals surface area contributed by atoms with Crippen molar-refractivity contribution in [2.45, 2.75) is 0 Å². The topological polar surface area (TPSA) is 30.7 Å². The van der Waals surface area contributed by atoms with E-state index in [1.807, 2.05) is 11.3 Å². The van der Waals surface area contributed by atoms with Crippen LogP contribution in [-0.4, -0.2) is 14.5 Å². The van der Waals surface area contributed by atoms with Crippen LogP contribution in [0.1, 0.15) is 0 Å². The lowest BCUT2D eigenvalue weighted by atomic mass is 9.98. The lowest BCUT2D eigenvalue weighted by Gasteiger charge is -2.14. The summed E-state index contributed by atoms with van der Waals surface area (Å²) in [6, 6.07) is 59.1. The number of nitrogens with zero attached hydrogens (tertiary/aromatic N) is 3. The lowest BCUT2D eigenvalue weighted by Crippen LogP contribution is -2.03. The van der Waals surface area contributed by atoms with Crippen LogP contribution in [0.4, 0.5) is 0 Å². The van der Waals surface area contributed by atoms with Crippen LogP contribution in [0.2, 0.25) is 0 Å². The van der Waals surface area contributed by atoms with Crippen LogP contribution >= 0.6 is 22.7 Å². The van der Waals surface area contributed by atoms with E-state index < -0.39 is 0 Å². The Kier molecular flexibility index (Phi) is 6.09. The summed E-state index contributed by atoms with van der Waals surface area (Å²) in [5.74, 6) is 0.849. The zero-order valence-electron chi connectivity index (χ0n) is 28.2. The van der Waals surface area contributed by atoms with Crippen molar-refractivity contribution in [1.29, 1.82) is 0 Å². The first kappa shape index (κ1) is 29.2. The molecule has 0 aliphatic rings. The van der Waals surface area contributed by atoms with Crippen molar-refractivity contribution in [3.05, 3.63) is 164 Å². The van der Waals surface area contributed by atoms with Crippen molar-refractivity contribution in [3.63, 3.8) is 0 Å². The summed E-state index contributed by atoms with van der Waals surface area (Å²) in [6.07, 6.45) is 0. The van der Waals surface area contributed by atoms with E-state index in [1.165, 1.54) is 73.8 Å². The molecule has 3 nitrogen and oxygen atoms in total. The molecule has 0 amide bonds. The molecule has 8 aromatic carbocycles. The van der Waals surface area contributed by atoms with Crippen molar-refractivity contribution in [1.82, 2.24) is 14.5 Å². The maximum Gasteiger partial charge on any atom is 0.166 e. The highest BCUT2D eigenvalue weighted by atomic mass is 32.1. The van der Waals surface area contributed by atoms with E-state index in [1.54, 1.807) is 11.3 Å². The molecule has 0 radical (unpaired) electrons. The minimum Gasteiger partial charge on any atom is -0.290 e. The van der Waals surface area contributed by atoms with Gasteiger partial charge in [-0.2, -0.15) is 0 Å². The van der Waals surface area contributed by atoms with E-state index in [-0.39, 0.29) is 0 Å². The van der Waals surface area contributed by atoms with E-state index in [0.717, 1.165) is 38.3 Å². The molecule has 0 fully saturated rings. The van der Waals surface area contributed by atoms with Gasteiger partial charge in [-0.05, 0) is 44.8 Å². The zero-order valence-corrected chi connectivity index (χ0v) is 29.9. The number of benzene rings is 8. The first-order valence-electron chi connectivity index (χ1n) is 17.8.